The van der Waals surface area contributed by atoms with Crippen molar-refractivity contribution in [1.29, 1.82) is 0 Å². The van der Waals surface area contributed by atoms with E-state index in [0.717, 1.165) is 39.3 Å². The van der Waals surface area contributed by atoms with Crippen LogP contribution in [-0.2, 0) is 4.79 Å². The topological polar surface area (TPSA) is 55.6 Å². The number of aromatic nitrogens is 2. The zero-order valence-corrected chi connectivity index (χ0v) is 20.5. The maximum Gasteiger partial charge on any atom is 0.221 e. The lowest BCUT2D eigenvalue weighted by Gasteiger charge is -2.23. The van der Waals surface area contributed by atoms with Crippen molar-refractivity contribution in [3.8, 4) is 5.75 Å². The number of rotatable bonds is 8. The van der Waals surface area contributed by atoms with E-state index in [1.807, 2.05) is 110 Å². The molecule has 1 N–H and O–H groups in total. The third kappa shape index (κ3) is 4.86. The largest absolute Gasteiger partial charge is 0.496 e. The number of hydrogen-bond donors (Lipinski definition) is 1. The van der Waals surface area contributed by atoms with Gasteiger partial charge < -0.3 is 14.5 Å². The molecule has 5 rings (SSSR count). The molecule has 0 spiro atoms. The molecule has 0 fully saturated rings. The molecule has 5 aromatic rings. The molecule has 0 aliphatic carbocycles. The van der Waals surface area contributed by atoms with Crippen molar-refractivity contribution >= 4 is 11.6 Å². The van der Waals surface area contributed by atoms with Gasteiger partial charge in [0.25, 0.3) is 0 Å². The van der Waals surface area contributed by atoms with Gasteiger partial charge in [-0.3, -0.25) is 4.79 Å². The van der Waals surface area contributed by atoms with Crippen molar-refractivity contribution in [1.82, 2.24) is 14.7 Å². The van der Waals surface area contributed by atoms with Gasteiger partial charge in [-0.05, 0) is 41.8 Å². The minimum atomic E-state index is -0.247. The number of ether oxygens (including phenoxy) is 1. The molecule has 0 aliphatic rings. The summed E-state index contributed by atoms with van der Waals surface area (Å²) in [5.41, 5.74) is 5.97. The van der Waals surface area contributed by atoms with Gasteiger partial charge in [0.1, 0.15) is 11.4 Å². The second-order valence-corrected chi connectivity index (χ2v) is 8.94. The number of nitrogens with zero attached hydrogens (tertiary/aromatic N) is 2. The quantitative estimate of drug-likeness (QED) is 0.296. The first-order chi connectivity index (χ1) is 17.6. The highest BCUT2D eigenvalue weighted by molar-refractivity contribution is 5.79. The Morgan fingerprint density at radius 3 is 2.22 bits per heavy atom. The average Bonchev–Trinajstić information content (AvgIpc) is 3.34. The predicted octanol–water partition coefficient (Wildman–Crippen LogP) is 6.08. The van der Waals surface area contributed by atoms with E-state index in [2.05, 4.69) is 20.8 Å². The van der Waals surface area contributed by atoms with Crippen LogP contribution < -0.4 is 10.1 Å². The van der Waals surface area contributed by atoms with Crippen molar-refractivity contribution in [3.63, 3.8) is 0 Å². The smallest absolute Gasteiger partial charge is 0.221 e. The molecule has 0 radical (unpaired) electrons. The second kappa shape index (κ2) is 10.5. The van der Waals surface area contributed by atoms with Crippen LogP contribution in [-0.4, -0.2) is 22.4 Å². The van der Waals surface area contributed by atoms with Crippen LogP contribution in [0.1, 0.15) is 46.3 Å². The zero-order chi connectivity index (χ0) is 24.9. The number of aryl methyl sites for hydroxylation is 1. The SMILES string of the molecule is COc1ccccc1C(CC(=O)NC(c1ccccc1)c1ccccc1)c1cnc2cc(C)ccn12. The first kappa shape index (κ1) is 23.4. The van der Waals surface area contributed by atoms with Gasteiger partial charge >= 0.3 is 0 Å². The summed E-state index contributed by atoms with van der Waals surface area (Å²) in [5.74, 6) is 0.455. The molecule has 3 aromatic carbocycles. The van der Waals surface area contributed by atoms with Crippen molar-refractivity contribution in [3.05, 3.63) is 137 Å². The van der Waals surface area contributed by atoms with Crippen LogP contribution in [0.5, 0.6) is 5.75 Å². The number of carbonyl (C=O) groups is 1. The molecule has 5 heteroatoms. The van der Waals surface area contributed by atoms with E-state index in [-0.39, 0.29) is 24.3 Å². The third-order valence-electron chi connectivity index (χ3n) is 6.53. The summed E-state index contributed by atoms with van der Waals surface area (Å²) in [6.07, 6.45) is 4.13. The van der Waals surface area contributed by atoms with Crippen LogP contribution >= 0.6 is 0 Å². The number of pyridine rings is 1. The Morgan fingerprint density at radius 2 is 1.56 bits per heavy atom. The van der Waals surface area contributed by atoms with Crippen LogP contribution in [0.25, 0.3) is 5.65 Å². The van der Waals surface area contributed by atoms with Crippen LogP contribution in [0.4, 0.5) is 0 Å². The van der Waals surface area contributed by atoms with Gasteiger partial charge in [-0.25, -0.2) is 4.98 Å². The lowest BCUT2D eigenvalue weighted by molar-refractivity contribution is -0.121. The van der Waals surface area contributed by atoms with E-state index in [4.69, 9.17) is 4.74 Å². The molecule has 5 nitrogen and oxygen atoms in total. The van der Waals surface area contributed by atoms with Crippen LogP contribution in [0.3, 0.4) is 0 Å². The number of imidazole rings is 1. The van der Waals surface area contributed by atoms with Crippen molar-refractivity contribution in [2.24, 2.45) is 0 Å². The van der Waals surface area contributed by atoms with Crippen molar-refractivity contribution in [2.45, 2.75) is 25.3 Å². The van der Waals surface area contributed by atoms with Crippen LogP contribution in [0.15, 0.2) is 109 Å². The van der Waals surface area contributed by atoms with E-state index in [1.165, 1.54) is 0 Å². The Morgan fingerprint density at radius 1 is 0.917 bits per heavy atom. The van der Waals surface area contributed by atoms with Gasteiger partial charge in [-0.15, -0.1) is 0 Å². The van der Waals surface area contributed by atoms with Crippen molar-refractivity contribution in [2.75, 3.05) is 7.11 Å². The van der Waals surface area contributed by atoms with Gasteiger partial charge in [0.2, 0.25) is 5.91 Å². The van der Waals surface area contributed by atoms with E-state index in [9.17, 15) is 4.79 Å². The zero-order valence-electron chi connectivity index (χ0n) is 20.5. The van der Waals surface area contributed by atoms with Crippen LogP contribution in [0.2, 0.25) is 0 Å². The number of para-hydroxylation sites is 1. The number of fused-ring (bicyclic) bond motifs is 1. The average molecular weight is 476 g/mol. The van der Waals surface area contributed by atoms with Gasteiger partial charge in [0, 0.05) is 30.3 Å². The third-order valence-corrected chi connectivity index (χ3v) is 6.53. The standard InChI is InChI=1S/C31H29N3O2/c1-22-17-18-34-27(21-32-29(34)19-22)26(25-15-9-10-16-28(25)36-2)20-30(35)33-31(23-11-5-3-6-12-23)24-13-7-4-8-14-24/h3-19,21,26,31H,20H2,1-2H3,(H,33,35). The fourth-order valence-electron chi connectivity index (χ4n) is 4.74. The number of methoxy groups -OCH3 is 1. The Labute approximate surface area is 211 Å². The summed E-state index contributed by atoms with van der Waals surface area (Å²) in [5, 5.41) is 3.30. The molecular weight excluding hydrogens is 446 g/mol. The van der Waals surface area contributed by atoms with E-state index >= 15 is 0 Å². The highest BCUT2D eigenvalue weighted by atomic mass is 16.5. The fourth-order valence-corrected chi connectivity index (χ4v) is 4.74. The monoisotopic (exact) mass is 475 g/mol. The second-order valence-electron chi connectivity index (χ2n) is 8.94. The maximum absolute atomic E-state index is 13.7. The molecule has 1 atom stereocenters. The van der Waals surface area contributed by atoms with E-state index in [1.54, 1.807) is 7.11 Å². The lowest BCUT2D eigenvalue weighted by atomic mass is 9.90. The number of amides is 1. The number of nitrogens with one attached hydrogen (secondary N) is 1. The van der Waals surface area contributed by atoms with Gasteiger partial charge in [-0.1, -0.05) is 78.9 Å². The molecule has 0 bridgehead atoms. The Bertz CT molecular complexity index is 1420. The van der Waals surface area contributed by atoms with Crippen LogP contribution in [0, 0.1) is 6.92 Å². The molecule has 1 unspecified atom stereocenters. The molecule has 2 aromatic heterocycles. The minimum Gasteiger partial charge on any atom is -0.496 e. The molecule has 1 amide bonds. The molecule has 0 saturated heterocycles. The highest BCUT2D eigenvalue weighted by Crippen LogP contribution is 2.35. The Kier molecular flexibility index (Phi) is 6.80. The molecule has 0 aliphatic heterocycles. The number of benzene rings is 3. The number of hydrogen-bond acceptors (Lipinski definition) is 3. The summed E-state index contributed by atoms with van der Waals surface area (Å²) in [6, 6.07) is 31.9. The number of carbonyl (C=O) groups excluding carboxylic acids is 1. The first-order valence-corrected chi connectivity index (χ1v) is 12.1. The van der Waals surface area contributed by atoms with Gasteiger partial charge in [-0.2, -0.15) is 0 Å². The normalized spacial score (nSPS) is 12.0. The predicted molar refractivity (Wildman–Crippen MR) is 142 cm³/mol. The van der Waals surface area contributed by atoms with Crippen molar-refractivity contribution < 1.29 is 9.53 Å². The lowest BCUT2D eigenvalue weighted by Crippen LogP contribution is -2.30. The molecule has 36 heavy (non-hydrogen) atoms. The minimum absolute atomic E-state index is 0.0503. The summed E-state index contributed by atoms with van der Waals surface area (Å²) in [7, 11) is 1.66. The summed E-state index contributed by atoms with van der Waals surface area (Å²) >= 11 is 0. The van der Waals surface area contributed by atoms with Gasteiger partial charge in [0.15, 0.2) is 0 Å². The maximum atomic E-state index is 13.7. The molecule has 180 valence electrons. The van der Waals surface area contributed by atoms with Gasteiger partial charge in [0.05, 0.1) is 18.8 Å². The Hall–Kier alpha value is -4.38. The fraction of sp³-hybridized carbons (Fsp3) is 0.161. The summed E-state index contributed by atoms with van der Waals surface area (Å²) in [4.78, 5) is 18.3. The summed E-state index contributed by atoms with van der Waals surface area (Å²) in [6.45, 7) is 2.05. The molecular formula is C31H29N3O2. The summed E-state index contributed by atoms with van der Waals surface area (Å²) < 4.78 is 7.75. The molecule has 2 heterocycles. The first-order valence-electron chi connectivity index (χ1n) is 12.1. The highest BCUT2D eigenvalue weighted by Gasteiger charge is 2.26. The van der Waals surface area contributed by atoms with E-state index < -0.39 is 0 Å². The Balaban J connectivity index is 1.52. The van der Waals surface area contributed by atoms with E-state index in [0.29, 0.717) is 0 Å². The molecule has 0 saturated carbocycles.